The van der Waals surface area contributed by atoms with E-state index in [-0.39, 0.29) is 52.2 Å². The average Bonchev–Trinajstić information content (AvgIpc) is 3.56. The van der Waals surface area contributed by atoms with Crippen LogP contribution in [0.25, 0.3) is 5.69 Å². The van der Waals surface area contributed by atoms with E-state index in [4.69, 9.17) is 0 Å². The first-order valence-corrected chi connectivity index (χ1v) is 12.8. The van der Waals surface area contributed by atoms with Crippen molar-refractivity contribution in [2.45, 2.75) is 76.2 Å². The lowest BCUT2D eigenvalue weighted by Crippen LogP contribution is -2.60. The van der Waals surface area contributed by atoms with Crippen molar-refractivity contribution in [3.8, 4) is 5.69 Å². The lowest BCUT2D eigenvalue weighted by molar-refractivity contribution is -0.148. The van der Waals surface area contributed by atoms with Gasteiger partial charge in [0.15, 0.2) is 11.6 Å². The van der Waals surface area contributed by atoms with Crippen LogP contribution >= 0.6 is 0 Å². The second kappa shape index (κ2) is 9.49. The molecular formula is C25H30F5N9O. The number of anilines is 3. The second-order valence-corrected chi connectivity index (χ2v) is 11.8. The Balaban J connectivity index is 1.46. The van der Waals surface area contributed by atoms with Crippen molar-refractivity contribution < 1.29 is 22.0 Å². The van der Waals surface area contributed by atoms with E-state index in [0.29, 0.717) is 12.8 Å². The van der Waals surface area contributed by atoms with Gasteiger partial charge in [-0.2, -0.15) is 27.5 Å². The van der Waals surface area contributed by atoms with Gasteiger partial charge in [-0.1, -0.05) is 0 Å². The Morgan fingerprint density at radius 1 is 1.05 bits per heavy atom. The van der Waals surface area contributed by atoms with E-state index >= 15 is 4.39 Å². The van der Waals surface area contributed by atoms with Crippen molar-refractivity contribution in [1.29, 1.82) is 0 Å². The lowest BCUT2D eigenvalue weighted by atomic mass is 9.79. The maximum absolute atomic E-state index is 15.2. The first-order chi connectivity index (χ1) is 18.5. The Kier molecular flexibility index (Phi) is 6.63. The molecule has 1 saturated carbocycles. The van der Waals surface area contributed by atoms with Crippen molar-refractivity contribution in [2.75, 3.05) is 10.6 Å². The van der Waals surface area contributed by atoms with Gasteiger partial charge in [-0.3, -0.25) is 0 Å². The number of rotatable bonds is 6. The molecular weight excluding hydrogens is 537 g/mol. The zero-order chi connectivity index (χ0) is 29.2. The SMILES string of the molecule is Cn1nnn(-c2cc(Nc3ncc(F)c(NC4CC(C)(C)NC(C)(C)C4)n3)c(F)cc2[C@H]2CC2C(F)(F)F)c1=O. The summed E-state index contributed by atoms with van der Waals surface area (Å²) in [6.07, 6.45) is -2.39. The van der Waals surface area contributed by atoms with Crippen molar-refractivity contribution in [2.24, 2.45) is 13.0 Å². The molecule has 10 nitrogen and oxygen atoms in total. The molecule has 2 aliphatic rings. The number of aromatic nitrogens is 6. The van der Waals surface area contributed by atoms with E-state index in [1.165, 1.54) is 7.05 Å². The molecule has 0 amide bonds. The quantitative estimate of drug-likeness (QED) is 0.381. The molecule has 3 heterocycles. The number of hydrogen-bond donors (Lipinski definition) is 3. The zero-order valence-electron chi connectivity index (χ0n) is 22.6. The fourth-order valence-electron chi connectivity index (χ4n) is 5.79. The van der Waals surface area contributed by atoms with E-state index < -0.39 is 35.3 Å². The number of tetrazole rings is 1. The molecule has 40 heavy (non-hydrogen) atoms. The molecule has 216 valence electrons. The summed E-state index contributed by atoms with van der Waals surface area (Å²) < 4.78 is 71.6. The van der Waals surface area contributed by atoms with Gasteiger partial charge in [0.25, 0.3) is 0 Å². The predicted octanol–water partition coefficient (Wildman–Crippen LogP) is 4.16. The van der Waals surface area contributed by atoms with Crippen LogP contribution in [0.2, 0.25) is 0 Å². The molecule has 0 radical (unpaired) electrons. The Bertz CT molecular complexity index is 1480. The summed E-state index contributed by atoms with van der Waals surface area (Å²) in [5.41, 5.74) is -1.46. The molecule has 3 N–H and O–H groups in total. The monoisotopic (exact) mass is 567 g/mol. The average molecular weight is 568 g/mol. The minimum atomic E-state index is -4.47. The molecule has 1 saturated heterocycles. The maximum atomic E-state index is 15.2. The summed E-state index contributed by atoms with van der Waals surface area (Å²) in [6, 6.07) is 1.98. The van der Waals surface area contributed by atoms with E-state index in [2.05, 4.69) is 64.0 Å². The summed E-state index contributed by atoms with van der Waals surface area (Å²) in [5, 5.41) is 16.7. The van der Waals surface area contributed by atoms with Crippen LogP contribution in [0.1, 0.15) is 58.4 Å². The fraction of sp³-hybridized carbons (Fsp3) is 0.560. The fourth-order valence-corrected chi connectivity index (χ4v) is 5.79. The number of alkyl halides is 3. The summed E-state index contributed by atoms with van der Waals surface area (Å²) in [7, 11) is 1.33. The van der Waals surface area contributed by atoms with Crippen LogP contribution in [-0.2, 0) is 7.05 Å². The molecule has 15 heteroatoms. The molecule has 0 spiro atoms. The van der Waals surface area contributed by atoms with E-state index in [1.807, 2.05) is 0 Å². The van der Waals surface area contributed by atoms with Gasteiger partial charge in [0.1, 0.15) is 5.82 Å². The third-order valence-electron chi connectivity index (χ3n) is 7.20. The lowest BCUT2D eigenvalue weighted by Gasteiger charge is -2.46. The second-order valence-electron chi connectivity index (χ2n) is 11.8. The van der Waals surface area contributed by atoms with Crippen LogP contribution in [0.3, 0.4) is 0 Å². The molecule has 2 atom stereocenters. The van der Waals surface area contributed by atoms with Crippen molar-refractivity contribution in [3.63, 3.8) is 0 Å². The Hall–Kier alpha value is -3.62. The molecule has 5 rings (SSSR count). The Morgan fingerprint density at radius 2 is 1.73 bits per heavy atom. The standard InChI is InChI=1S/C25H30F5N9O/c1-23(2)9-12(10-24(3,4)35-23)32-20-17(27)11-31-21(34-20)33-18-8-19(39-22(40)38(5)36-37-39)14(7-16(18)26)13-6-15(13)25(28,29)30/h7-8,11-13,15,35H,6,9-10H2,1-5H3,(H2,31,32,33,34)/t13-,15?/m1/s1. The van der Waals surface area contributed by atoms with E-state index in [1.54, 1.807) is 0 Å². The van der Waals surface area contributed by atoms with Gasteiger partial charge in [0, 0.05) is 24.2 Å². The smallest absolute Gasteiger partial charge is 0.365 e. The van der Waals surface area contributed by atoms with Gasteiger partial charge < -0.3 is 16.0 Å². The first-order valence-electron chi connectivity index (χ1n) is 12.8. The molecule has 0 bridgehead atoms. The summed E-state index contributed by atoms with van der Waals surface area (Å²) in [5.74, 6) is -4.52. The van der Waals surface area contributed by atoms with Crippen LogP contribution in [0.4, 0.5) is 39.4 Å². The third kappa shape index (κ3) is 5.64. The largest absolute Gasteiger partial charge is 0.392 e. The topological polar surface area (TPSA) is 115 Å². The summed E-state index contributed by atoms with van der Waals surface area (Å²) in [6.45, 7) is 8.21. The molecule has 2 aromatic heterocycles. The summed E-state index contributed by atoms with van der Waals surface area (Å²) in [4.78, 5) is 20.6. The summed E-state index contributed by atoms with van der Waals surface area (Å²) >= 11 is 0. The highest BCUT2D eigenvalue weighted by Crippen LogP contribution is 2.57. The van der Waals surface area contributed by atoms with Crippen LogP contribution in [0.5, 0.6) is 0 Å². The van der Waals surface area contributed by atoms with Crippen LogP contribution < -0.4 is 21.6 Å². The van der Waals surface area contributed by atoms with Gasteiger partial charge >= 0.3 is 11.9 Å². The molecule has 1 unspecified atom stereocenters. The van der Waals surface area contributed by atoms with Gasteiger partial charge in [0.05, 0.1) is 23.5 Å². The maximum Gasteiger partial charge on any atom is 0.392 e. The highest BCUT2D eigenvalue weighted by molar-refractivity contribution is 5.63. The van der Waals surface area contributed by atoms with E-state index in [9.17, 15) is 22.4 Å². The molecule has 1 aliphatic carbocycles. The number of benzene rings is 1. The number of halogens is 5. The normalized spacial score (nSPS) is 22.2. The highest BCUT2D eigenvalue weighted by atomic mass is 19.4. The molecule has 1 aliphatic heterocycles. The van der Waals surface area contributed by atoms with Gasteiger partial charge in [-0.05, 0) is 81.0 Å². The number of piperidine rings is 1. The van der Waals surface area contributed by atoms with Crippen LogP contribution in [0, 0.1) is 17.6 Å². The van der Waals surface area contributed by atoms with E-state index in [0.717, 1.165) is 27.7 Å². The van der Waals surface area contributed by atoms with Crippen molar-refractivity contribution >= 4 is 17.5 Å². The molecule has 1 aromatic carbocycles. The number of aryl methyl sites for hydroxylation is 1. The zero-order valence-corrected chi connectivity index (χ0v) is 22.6. The van der Waals surface area contributed by atoms with Crippen LogP contribution in [-0.4, -0.2) is 53.1 Å². The number of nitrogens with one attached hydrogen (secondary N) is 3. The number of nitrogens with zero attached hydrogens (tertiary/aromatic N) is 6. The molecule has 2 fully saturated rings. The first kappa shape index (κ1) is 27.9. The minimum Gasteiger partial charge on any atom is -0.365 e. The third-order valence-corrected chi connectivity index (χ3v) is 7.20. The minimum absolute atomic E-state index is 0.0218. The van der Waals surface area contributed by atoms with Crippen molar-refractivity contribution in [3.05, 3.63) is 46.0 Å². The predicted molar refractivity (Wildman–Crippen MR) is 137 cm³/mol. The Labute approximate surface area is 226 Å². The van der Waals surface area contributed by atoms with Crippen LogP contribution in [0.15, 0.2) is 23.1 Å². The highest BCUT2D eigenvalue weighted by Gasteiger charge is 2.57. The number of hydrogen-bond acceptors (Lipinski definition) is 8. The van der Waals surface area contributed by atoms with Gasteiger partial charge in [-0.15, -0.1) is 0 Å². The molecule has 3 aromatic rings. The van der Waals surface area contributed by atoms with Gasteiger partial charge in [0.2, 0.25) is 5.95 Å². The Morgan fingerprint density at radius 3 is 2.30 bits per heavy atom. The van der Waals surface area contributed by atoms with Gasteiger partial charge in [-0.25, -0.2) is 18.6 Å². The van der Waals surface area contributed by atoms with Crippen molar-refractivity contribution in [1.82, 2.24) is 35.1 Å².